The zero-order valence-electron chi connectivity index (χ0n) is 16.4. The SMILES string of the molecule is CCNC(=NCCOc1ncccc1Cl)N1CCN(c2cnn(C)c2)C(=O)C1.I. The average molecular weight is 534 g/mol. The van der Waals surface area contributed by atoms with Gasteiger partial charge in [-0.3, -0.25) is 9.48 Å². The van der Waals surface area contributed by atoms with Gasteiger partial charge in [-0.1, -0.05) is 11.6 Å². The lowest BCUT2D eigenvalue weighted by molar-refractivity contribution is -0.120. The first-order valence-corrected chi connectivity index (χ1v) is 9.52. The molecule has 3 heterocycles. The summed E-state index contributed by atoms with van der Waals surface area (Å²) in [5.74, 6) is 1.10. The molecule has 0 unspecified atom stereocenters. The minimum absolute atomic E-state index is 0. The van der Waals surface area contributed by atoms with Crippen LogP contribution in [0.3, 0.4) is 0 Å². The summed E-state index contributed by atoms with van der Waals surface area (Å²) in [7, 11) is 1.83. The number of carbonyl (C=O) groups excluding carboxylic acids is 1. The molecular formula is C18H25ClIN7O2. The van der Waals surface area contributed by atoms with Crippen molar-refractivity contribution in [1.82, 2.24) is 25.0 Å². The summed E-state index contributed by atoms with van der Waals surface area (Å²) in [6.45, 7) is 4.99. The highest BCUT2D eigenvalue weighted by atomic mass is 127. The Morgan fingerprint density at radius 1 is 1.41 bits per heavy atom. The highest BCUT2D eigenvalue weighted by molar-refractivity contribution is 14.0. The van der Waals surface area contributed by atoms with Crippen molar-refractivity contribution >= 4 is 53.1 Å². The van der Waals surface area contributed by atoms with Gasteiger partial charge in [0.1, 0.15) is 18.2 Å². The van der Waals surface area contributed by atoms with E-state index >= 15 is 0 Å². The molecule has 1 aliphatic rings. The molecular weight excluding hydrogens is 509 g/mol. The fourth-order valence-corrected chi connectivity index (χ4v) is 3.05. The molecule has 0 spiro atoms. The summed E-state index contributed by atoms with van der Waals surface area (Å²) in [4.78, 5) is 24.9. The van der Waals surface area contributed by atoms with Gasteiger partial charge in [0.05, 0.1) is 18.4 Å². The quantitative estimate of drug-likeness (QED) is 0.264. The average Bonchev–Trinajstić information content (AvgIpc) is 3.11. The first-order chi connectivity index (χ1) is 13.6. The molecule has 2 aromatic rings. The van der Waals surface area contributed by atoms with Crippen molar-refractivity contribution in [2.45, 2.75) is 6.92 Å². The van der Waals surface area contributed by atoms with Gasteiger partial charge in [-0.05, 0) is 19.1 Å². The van der Waals surface area contributed by atoms with E-state index in [0.717, 1.165) is 5.69 Å². The first kappa shape index (κ1) is 23.2. The van der Waals surface area contributed by atoms with Gasteiger partial charge >= 0.3 is 0 Å². The number of nitrogens with one attached hydrogen (secondary N) is 1. The number of piperazine rings is 1. The normalized spacial score (nSPS) is 14.6. The number of nitrogens with zero attached hydrogens (tertiary/aromatic N) is 6. The lowest BCUT2D eigenvalue weighted by Crippen LogP contribution is -2.55. The smallest absolute Gasteiger partial charge is 0.246 e. The molecule has 9 nitrogen and oxygen atoms in total. The van der Waals surface area contributed by atoms with Gasteiger partial charge in [-0.2, -0.15) is 5.10 Å². The molecule has 1 saturated heterocycles. The second-order valence-corrected chi connectivity index (χ2v) is 6.62. The number of guanidine groups is 1. The molecule has 2 aromatic heterocycles. The Morgan fingerprint density at radius 2 is 2.24 bits per heavy atom. The van der Waals surface area contributed by atoms with Gasteiger partial charge in [0, 0.05) is 39.1 Å². The number of hydrogen-bond donors (Lipinski definition) is 1. The van der Waals surface area contributed by atoms with Gasteiger partial charge < -0.3 is 19.9 Å². The number of pyridine rings is 1. The Hall–Kier alpha value is -2.08. The highest BCUT2D eigenvalue weighted by Crippen LogP contribution is 2.19. The molecule has 0 aromatic carbocycles. The topological polar surface area (TPSA) is 87.9 Å². The third kappa shape index (κ3) is 6.20. The number of amides is 1. The van der Waals surface area contributed by atoms with E-state index in [-0.39, 0.29) is 36.4 Å². The van der Waals surface area contributed by atoms with Crippen molar-refractivity contribution in [2.75, 3.05) is 44.2 Å². The molecule has 158 valence electrons. The minimum Gasteiger partial charge on any atom is -0.475 e. The summed E-state index contributed by atoms with van der Waals surface area (Å²) in [5.41, 5.74) is 0.815. The summed E-state index contributed by atoms with van der Waals surface area (Å²) in [6, 6.07) is 3.48. The Bertz CT molecular complexity index is 845. The summed E-state index contributed by atoms with van der Waals surface area (Å²) in [5, 5.41) is 7.84. The van der Waals surface area contributed by atoms with E-state index < -0.39 is 0 Å². The maximum atomic E-state index is 12.6. The monoisotopic (exact) mass is 533 g/mol. The molecule has 3 rings (SSSR count). The lowest BCUT2D eigenvalue weighted by Gasteiger charge is -2.35. The number of aliphatic imine (C=N–C) groups is 1. The van der Waals surface area contributed by atoms with Crippen molar-refractivity contribution in [3.63, 3.8) is 0 Å². The van der Waals surface area contributed by atoms with Crippen LogP contribution in [0, 0.1) is 0 Å². The molecule has 1 amide bonds. The van der Waals surface area contributed by atoms with E-state index in [1.165, 1.54) is 0 Å². The van der Waals surface area contributed by atoms with Crippen molar-refractivity contribution in [2.24, 2.45) is 12.0 Å². The van der Waals surface area contributed by atoms with Crippen LogP contribution in [0.1, 0.15) is 6.92 Å². The van der Waals surface area contributed by atoms with Crippen LogP contribution < -0.4 is 15.0 Å². The van der Waals surface area contributed by atoms with Crippen molar-refractivity contribution in [1.29, 1.82) is 0 Å². The van der Waals surface area contributed by atoms with E-state index in [9.17, 15) is 4.79 Å². The van der Waals surface area contributed by atoms with E-state index in [4.69, 9.17) is 16.3 Å². The fraction of sp³-hybridized carbons (Fsp3) is 0.444. The molecule has 1 aliphatic heterocycles. The molecule has 1 fully saturated rings. The molecule has 29 heavy (non-hydrogen) atoms. The number of halogens is 2. The van der Waals surface area contributed by atoms with Crippen molar-refractivity contribution in [3.05, 3.63) is 35.7 Å². The van der Waals surface area contributed by atoms with Crippen molar-refractivity contribution in [3.8, 4) is 5.88 Å². The first-order valence-electron chi connectivity index (χ1n) is 9.14. The van der Waals surface area contributed by atoms with Gasteiger partial charge in [0.15, 0.2) is 5.96 Å². The number of rotatable bonds is 6. The third-order valence-electron chi connectivity index (χ3n) is 4.17. The zero-order valence-corrected chi connectivity index (χ0v) is 19.5. The number of hydrogen-bond acceptors (Lipinski definition) is 5. The highest BCUT2D eigenvalue weighted by Gasteiger charge is 2.27. The predicted octanol–water partition coefficient (Wildman–Crippen LogP) is 1.78. The van der Waals surface area contributed by atoms with Crippen LogP contribution in [-0.4, -0.2) is 70.9 Å². The van der Waals surface area contributed by atoms with E-state index in [1.54, 1.807) is 34.1 Å². The molecule has 11 heteroatoms. The second-order valence-electron chi connectivity index (χ2n) is 6.21. The maximum Gasteiger partial charge on any atom is 0.246 e. The van der Waals surface area contributed by atoms with Gasteiger partial charge in [-0.25, -0.2) is 9.98 Å². The number of aryl methyl sites for hydroxylation is 1. The van der Waals surface area contributed by atoms with Crippen LogP contribution in [0.15, 0.2) is 35.7 Å². The maximum absolute atomic E-state index is 12.6. The molecule has 0 atom stereocenters. The van der Waals surface area contributed by atoms with E-state index in [0.29, 0.717) is 49.6 Å². The Morgan fingerprint density at radius 3 is 2.90 bits per heavy atom. The van der Waals surface area contributed by atoms with Crippen LogP contribution in [0.4, 0.5) is 5.69 Å². The standard InChI is InChI=1S/C18H24ClN7O2.HI/c1-3-20-18(22-7-10-28-17-15(19)5-4-6-21-17)25-8-9-26(16(27)13-25)14-11-23-24(2)12-14;/h4-6,11-12H,3,7-10,13H2,1-2H3,(H,20,22);1H. The van der Waals surface area contributed by atoms with E-state index in [1.807, 2.05) is 25.1 Å². The molecule has 0 radical (unpaired) electrons. The summed E-state index contributed by atoms with van der Waals surface area (Å²) in [6.07, 6.45) is 5.17. The Kier molecular flexibility index (Phi) is 8.96. The largest absolute Gasteiger partial charge is 0.475 e. The van der Waals surface area contributed by atoms with Gasteiger partial charge in [-0.15, -0.1) is 24.0 Å². The molecule has 0 aliphatic carbocycles. The summed E-state index contributed by atoms with van der Waals surface area (Å²) < 4.78 is 7.26. The van der Waals surface area contributed by atoms with Gasteiger partial charge in [0.2, 0.25) is 11.8 Å². The Balaban J connectivity index is 0.00000300. The summed E-state index contributed by atoms with van der Waals surface area (Å²) >= 11 is 6.03. The number of anilines is 1. The van der Waals surface area contributed by atoms with E-state index in [2.05, 4.69) is 20.4 Å². The molecule has 0 saturated carbocycles. The second kappa shape index (κ2) is 11.2. The number of aromatic nitrogens is 3. The predicted molar refractivity (Wildman–Crippen MR) is 123 cm³/mol. The fourth-order valence-electron chi connectivity index (χ4n) is 2.87. The lowest BCUT2D eigenvalue weighted by atomic mass is 10.3. The number of ether oxygens (including phenoxy) is 1. The van der Waals surface area contributed by atoms with Crippen LogP contribution in [0.2, 0.25) is 5.02 Å². The van der Waals surface area contributed by atoms with Crippen LogP contribution in [-0.2, 0) is 11.8 Å². The minimum atomic E-state index is 0. The van der Waals surface area contributed by atoms with Crippen molar-refractivity contribution < 1.29 is 9.53 Å². The number of carbonyl (C=O) groups is 1. The molecule has 1 N–H and O–H groups in total. The zero-order chi connectivity index (χ0) is 19.9. The van der Waals surface area contributed by atoms with Crippen LogP contribution in [0.5, 0.6) is 5.88 Å². The molecule has 0 bridgehead atoms. The Labute approximate surface area is 192 Å². The van der Waals surface area contributed by atoms with Gasteiger partial charge in [0.25, 0.3) is 0 Å². The van der Waals surface area contributed by atoms with Crippen LogP contribution >= 0.6 is 35.6 Å². The third-order valence-corrected chi connectivity index (χ3v) is 4.46. The van der Waals surface area contributed by atoms with Crippen LogP contribution in [0.25, 0.3) is 0 Å².